The minimum absolute atomic E-state index is 0.308. The van der Waals surface area contributed by atoms with E-state index in [1.807, 2.05) is 0 Å². The average molecular weight is 394 g/mol. The molecule has 0 bridgehead atoms. The van der Waals surface area contributed by atoms with E-state index in [4.69, 9.17) is 4.74 Å². The van der Waals surface area contributed by atoms with E-state index >= 15 is 0 Å². The molecule has 0 aliphatic carbocycles. The lowest BCUT2D eigenvalue weighted by molar-refractivity contribution is -0.123. The van der Waals surface area contributed by atoms with Crippen molar-refractivity contribution in [3.8, 4) is 11.1 Å². The lowest BCUT2D eigenvalue weighted by atomic mass is 9.93. The van der Waals surface area contributed by atoms with E-state index in [2.05, 4.69) is 0 Å². The zero-order valence-electron chi connectivity index (χ0n) is 14.9. The third-order valence-corrected chi connectivity index (χ3v) is 4.70. The molecule has 0 saturated heterocycles. The van der Waals surface area contributed by atoms with Crippen molar-refractivity contribution in [3.63, 3.8) is 0 Å². The number of aryl methyl sites for hydroxylation is 1. The van der Waals surface area contributed by atoms with Crippen LogP contribution in [0.15, 0.2) is 47.9 Å². The first-order valence-electron chi connectivity index (χ1n) is 8.54. The zero-order chi connectivity index (χ0) is 20.6. The van der Waals surface area contributed by atoms with E-state index in [1.54, 1.807) is 13.0 Å². The van der Waals surface area contributed by atoms with Crippen LogP contribution >= 0.6 is 0 Å². The molecule has 1 aliphatic heterocycles. The van der Waals surface area contributed by atoms with Crippen LogP contribution in [0.2, 0.25) is 0 Å². The van der Waals surface area contributed by atoms with Crippen molar-refractivity contribution < 1.29 is 39.1 Å². The summed E-state index contributed by atoms with van der Waals surface area (Å²) < 4.78 is 32.2. The van der Waals surface area contributed by atoms with Gasteiger partial charge in [-0.05, 0) is 41.3 Å². The number of hydrogen-bond donors (Lipinski definition) is 5. The maximum Gasteiger partial charge on any atom is 0.170 e. The van der Waals surface area contributed by atoms with Gasteiger partial charge in [-0.2, -0.15) is 0 Å². The summed E-state index contributed by atoms with van der Waals surface area (Å²) in [6.07, 6.45) is -5.97. The van der Waals surface area contributed by atoms with Crippen LogP contribution in [0.1, 0.15) is 17.2 Å². The van der Waals surface area contributed by atoms with Crippen molar-refractivity contribution in [2.75, 3.05) is 6.61 Å². The maximum absolute atomic E-state index is 13.5. The van der Waals surface area contributed by atoms with Crippen molar-refractivity contribution in [1.82, 2.24) is 0 Å². The molecular formula is C20H20F2O6. The van der Waals surface area contributed by atoms with Crippen LogP contribution in [0.4, 0.5) is 8.78 Å². The second-order valence-electron chi connectivity index (χ2n) is 6.66. The van der Waals surface area contributed by atoms with Crippen LogP contribution in [0.5, 0.6) is 0 Å². The fourth-order valence-electron chi connectivity index (χ4n) is 3.18. The molecule has 0 aromatic heterocycles. The summed E-state index contributed by atoms with van der Waals surface area (Å²) in [4.78, 5) is 0. The monoisotopic (exact) mass is 394 g/mol. The Morgan fingerprint density at radius 2 is 1.68 bits per heavy atom. The molecule has 0 amide bonds. The van der Waals surface area contributed by atoms with Crippen LogP contribution in [0.3, 0.4) is 0 Å². The number of ether oxygens (including phenoxy) is 1. The smallest absolute Gasteiger partial charge is 0.170 e. The molecule has 8 heteroatoms. The maximum atomic E-state index is 13.5. The van der Waals surface area contributed by atoms with E-state index in [9.17, 15) is 34.3 Å². The van der Waals surface area contributed by atoms with Crippen LogP contribution in [0, 0.1) is 18.6 Å². The predicted molar refractivity (Wildman–Crippen MR) is 95.1 cm³/mol. The molecule has 0 saturated carbocycles. The van der Waals surface area contributed by atoms with E-state index in [0.29, 0.717) is 22.3 Å². The highest BCUT2D eigenvalue weighted by molar-refractivity contribution is 5.65. The predicted octanol–water partition coefficient (Wildman–Crippen LogP) is 1.86. The van der Waals surface area contributed by atoms with E-state index in [0.717, 1.165) is 6.07 Å². The normalized spacial score (nSPS) is 23.5. The highest BCUT2D eigenvalue weighted by Crippen LogP contribution is 2.35. The van der Waals surface area contributed by atoms with E-state index in [-0.39, 0.29) is 5.76 Å². The molecule has 0 radical (unpaired) electrons. The van der Waals surface area contributed by atoms with Crippen molar-refractivity contribution >= 4 is 0 Å². The lowest BCUT2D eigenvalue weighted by Crippen LogP contribution is -2.47. The second-order valence-corrected chi connectivity index (χ2v) is 6.66. The summed E-state index contributed by atoms with van der Waals surface area (Å²) in [5, 5.41) is 49.6. The van der Waals surface area contributed by atoms with Gasteiger partial charge >= 0.3 is 0 Å². The molecule has 6 nitrogen and oxygen atoms in total. The van der Waals surface area contributed by atoms with Gasteiger partial charge in [-0.1, -0.05) is 18.2 Å². The highest BCUT2D eigenvalue weighted by Gasteiger charge is 2.40. The molecule has 2 aromatic carbocycles. The van der Waals surface area contributed by atoms with Gasteiger partial charge in [0.1, 0.15) is 29.9 Å². The first-order chi connectivity index (χ1) is 13.2. The zero-order valence-corrected chi connectivity index (χ0v) is 14.9. The molecule has 0 fully saturated rings. The van der Waals surface area contributed by atoms with Crippen molar-refractivity contribution in [1.29, 1.82) is 0 Å². The molecule has 1 heterocycles. The van der Waals surface area contributed by atoms with Crippen LogP contribution in [-0.2, 0) is 4.74 Å². The van der Waals surface area contributed by atoms with Gasteiger partial charge < -0.3 is 30.3 Å². The molecule has 1 aliphatic rings. The van der Waals surface area contributed by atoms with Crippen LogP contribution in [0.25, 0.3) is 11.1 Å². The summed E-state index contributed by atoms with van der Waals surface area (Å²) >= 11 is 0. The number of benzene rings is 2. The van der Waals surface area contributed by atoms with Crippen LogP contribution in [-0.4, -0.2) is 50.5 Å². The Labute approximate surface area is 159 Å². The number of halogens is 2. The van der Waals surface area contributed by atoms with Gasteiger partial charge in [0.15, 0.2) is 17.6 Å². The van der Waals surface area contributed by atoms with Gasteiger partial charge in [-0.15, -0.1) is 0 Å². The Kier molecular flexibility index (Phi) is 5.66. The highest BCUT2D eigenvalue weighted by atomic mass is 19.1. The first-order valence-corrected chi connectivity index (χ1v) is 8.54. The second kappa shape index (κ2) is 7.84. The van der Waals surface area contributed by atoms with Crippen molar-refractivity contribution in [3.05, 3.63) is 70.7 Å². The molecule has 28 heavy (non-hydrogen) atoms. The van der Waals surface area contributed by atoms with Gasteiger partial charge in [0.05, 0.1) is 6.61 Å². The summed E-state index contributed by atoms with van der Waals surface area (Å²) in [7, 11) is 0. The van der Waals surface area contributed by atoms with E-state index in [1.165, 1.54) is 24.3 Å². The Balaban J connectivity index is 1.96. The standard InChI is InChI=1S/C20H20F2O6/c1-9-4-10(11-5-12(21)7-13(22)6-11)2-3-14(9)16(24)20-19(27)18(26)17(25)15(8-23)28-20/h2-7,15-18,23-27H,8H2,1H3/t15?,16-,17-,18?/m1/s1. The molecular weight excluding hydrogens is 374 g/mol. The molecule has 2 aromatic rings. The third kappa shape index (κ3) is 3.72. The number of aliphatic hydroxyl groups is 5. The van der Waals surface area contributed by atoms with Gasteiger partial charge in [-0.3, -0.25) is 0 Å². The number of rotatable bonds is 4. The average Bonchev–Trinajstić information content (AvgIpc) is 2.65. The quantitative estimate of drug-likeness (QED) is 0.542. The molecule has 5 N–H and O–H groups in total. The molecule has 150 valence electrons. The van der Waals surface area contributed by atoms with Gasteiger partial charge in [-0.25, -0.2) is 8.78 Å². The van der Waals surface area contributed by atoms with Gasteiger partial charge in [0.25, 0.3) is 0 Å². The Morgan fingerprint density at radius 3 is 2.25 bits per heavy atom. The summed E-state index contributed by atoms with van der Waals surface area (Å²) in [5.74, 6) is -2.56. The molecule has 4 atom stereocenters. The Morgan fingerprint density at radius 1 is 1.04 bits per heavy atom. The fraction of sp³-hybridized carbons (Fsp3) is 0.300. The third-order valence-electron chi connectivity index (χ3n) is 4.70. The number of aliphatic hydroxyl groups excluding tert-OH is 5. The minimum atomic E-state index is -1.72. The van der Waals surface area contributed by atoms with Crippen molar-refractivity contribution in [2.45, 2.75) is 31.3 Å². The fourth-order valence-corrected chi connectivity index (χ4v) is 3.18. The van der Waals surface area contributed by atoms with E-state index < -0.39 is 48.4 Å². The van der Waals surface area contributed by atoms with Crippen molar-refractivity contribution in [2.24, 2.45) is 0 Å². The Bertz CT molecular complexity index is 893. The molecule has 3 rings (SSSR count). The molecule has 0 spiro atoms. The SMILES string of the molecule is Cc1cc(-c2cc(F)cc(F)c2)ccc1[C@@H](O)C1=C(O)C(O)[C@H](O)C(CO)O1. The molecule has 2 unspecified atom stereocenters. The summed E-state index contributed by atoms with van der Waals surface area (Å²) in [5.41, 5.74) is 1.66. The largest absolute Gasteiger partial charge is 0.506 e. The lowest BCUT2D eigenvalue weighted by Gasteiger charge is -2.34. The van der Waals surface area contributed by atoms with Gasteiger partial charge in [0.2, 0.25) is 0 Å². The topological polar surface area (TPSA) is 110 Å². The van der Waals surface area contributed by atoms with Crippen LogP contribution < -0.4 is 0 Å². The van der Waals surface area contributed by atoms with Gasteiger partial charge in [0, 0.05) is 6.07 Å². The minimum Gasteiger partial charge on any atom is -0.506 e. The first kappa shape index (κ1) is 20.2. The number of hydrogen-bond acceptors (Lipinski definition) is 6. The Hall–Kier alpha value is -2.52. The summed E-state index contributed by atoms with van der Waals surface area (Å²) in [6.45, 7) is 1.01. The summed E-state index contributed by atoms with van der Waals surface area (Å²) in [6, 6.07) is 7.75.